The lowest BCUT2D eigenvalue weighted by Gasteiger charge is -2.23. The molecular formula is C25H34N4O. The highest BCUT2D eigenvalue weighted by Gasteiger charge is 2.27. The van der Waals surface area contributed by atoms with Crippen molar-refractivity contribution in [3.63, 3.8) is 0 Å². The highest BCUT2D eigenvalue weighted by molar-refractivity contribution is 5.79. The quantitative estimate of drug-likeness (QED) is 0.785. The lowest BCUT2D eigenvalue weighted by Crippen LogP contribution is -2.37. The zero-order valence-corrected chi connectivity index (χ0v) is 18.4. The molecule has 0 bridgehead atoms. The Bertz CT molecular complexity index is 838. The molecule has 1 saturated carbocycles. The van der Waals surface area contributed by atoms with Gasteiger partial charge in [-0.1, -0.05) is 49.6 Å². The van der Waals surface area contributed by atoms with Gasteiger partial charge in [0, 0.05) is 42.0 Å². The second-order valence-electron chi connectivity index (χ2n) is 9.02. The number of carbonyl (C=O) groups excluding carboxylic acids is 1. The monoisotopic (exact) mass is 406 g/mol. The van der Waals surface area contributed by atoms with E-state index in [0.717, 1.165) is 61.7 Å². The Balaban J connectivity index is 1.37. The van der Waals surface area contributed by atoms with Crippen molar-refractivity contribution < 1.29 is 4.79 Å². The first kappa shape index (κ1) is 21.0. The number of nitrogens with one attached hydrogen (secondary N) is 1. The first-order valence-corrected chi connectivity index (χ1v) is 11.5. The lowest BCUT2D eigenvalue weighted by molar-refractivity contribution is -0.121. The molecule has 1 amide bonds. The van der Waals surface area contributed by atoms with Crippen molar-refractivity contribution in [2.24, 2.45) is 0 Å². The van der Waals surface area contributed by atoms with Gasteiger partial charge in [0.05, 0.1) is 6.42 Å². The third kappa shape index (κ3) is 5.25. The molecule has 0 spiro atoms. The highest BCUT2D eigenvalue weighted by Crippen LogP contribution is 2.27. The molecule has 5 heteroatoms. The molecule has 2 fully saturated rings. The van der Waals surface area contributed by atoms with Gasteiger partial charge in [-0.25, -0.2) is 9.97 Å². The van der Waals surface area contributed by atoms with E-state index in [2.05, 4.69) is 40.5 Å². The minimum atomic E-state index is 0.111. The fraction of sp³-hybridized carbons (Fsp3) is 0.560. The smallest absolute Gasteiger partial charge is 0.224 e. The Morgan fingerprint density at radius 1 is 1.03 bits per heavy atom. The molecule has 1 N–H and O–H groups in total. The number of rotatable bonds is 6. The van der Waals surface area contributed by atoms with E-state index in [4.69, 9.17) is 9.97 Å². The van der Waals surface area contributed by atoms with Gasteiger partial charge in [0.15, 0.2) is 0 Å². The minimum absolute atomic E-state index is 0.111. The van der Waals surface area contributed by atoms with Crippen LogP contribution < -0.4 is 5.32 Å². The molecule has 30 heavy (non-hydrogen) atoms. The second kappa shape index (κ2) is 9.69. The maximum absolute atomic E-state index is 12.6. The lowest BCUT2D eigenvalue weighted by atomic mass is 9.95. The van der Waals surface area contributed by atoms with E-state index < -0.39 is 0 Å². The van der Waals surface area contributed by atoms with Gasteiger partial charge in [0.1, 0.15) is 5.82 Å². The molecule has 1 aliphatic heterocycles. The van der Waals surface area contributed by atoms with Crippen LogP contribution in [0.5, 0.6) is 0 Å². The van der Waals surface area contributed by atoms with Crippen molar-refractivity contribution in [1.29, 1.82) is 0 Å². The summed E-state index contributed by atoms with van der Waals surface area (Å²) in [4.78, 5) is 24.7. The number of amides is 1. The standard InChI is InChI=1S/C25H34N4O/c1-18-23(15-24(30)28-22-11-7-4-8-12-22)19(2)27-25(26-18)21-13-14-29(17-21)16-20-9-5-3-6-10-20/h3,5-6,9-10,21-22H,4,7-8,11-17H2,1-2H3,(H,28,30). The van der Waals surface area contributed by atoms with Gasteiger partial charge in [-0.05, 0) is 45.2 Å². The predicted octanol–water partition coefficient (Wildman–Crippen LogP) is 4.07. The number of hydrogen-bond acceptors (Lipinski definition) is 4. The van der Waals surface area contributed by atoms with Gasteiger partial charge >= 0.3 is 0 Å². The van der Waals surface area contributed by atoms with Crippen molar-refractivity contribution in [2.45, 2.75) is 77.3 Å². The zero-order chi connectivity index (χ0) is 20.9. The molecule has 1 saturated heterocycles. The molecular weight excluding hydrogens is 372 g/mol. The Labute approximate surface area is 180 Å². The van der Waals surface area contributed by atoms with E-state index in [-0.39, 0.29) is 5.91 Å². The van der Waals surface area contributed by atoms with Crippen molar-refractivity contribution in [1.82, 2.24) is 20.2 Å². The summed E-state index contributed by atoms with van der Waals surface area (Å²) in [5.41, 5.74) is 4.26. The summed E-state index contributed by atoms with van der Waals surface area (Å²) in [5, 5.41) is 3.22. The van der Waals surface area contributed by atoms with Crippen LogP contribution in [-0.2, 0) is 17.8 Å². The van der Waals surface area contributed by atoms with Gasteiger partial charge < -0.3 is 5.32 Å². The molecule has 160 valence electrons. The van der Waals surface area contributed by atoms with Crippen molar-refractivity contribution in [3.05, 3.63) is 58.7 Å². The Hall–Kier alpha value is -2.27. The van der Waals surface area contributed by atoms with Crippen LogP contribution in [0, 0.1) is 13.8 Å². The molecule has 0 radical (unpaired) electrons. The van der Waals surface area contributed by atoms with Gasteiger partial charge in [-0.15, -0.1) is 0 Å². The van der Waals surface area contributed by atoms with Crippen LogP contribution in [0.1, 0.15) is 72.8 Å². The topological polar surface area (TPSA) is 58.1 Å². The Morgan fingerprint density at radius 2 is 1.73 bits per heavy atom. The molecule has 1 aliphatic carbocycles. The van der Waals surface area contributed by atoms with E-state index >= 15 is 0 Å². The number of carbonyl (C=O) groups is 1. The van der Waals surface area contributed by atoms with E-state index in [0.29, 0.717) is 18.4 Å². The molecule has 2 aromatic rings. The van der Waals surface area contributed by atoms with Crippen LogP contribution in [0.4, 0.5) is 0 Å². The fourth-order valence-corrected chi connectivity index (χ4v) is 4.92. The summed E-state index contributed by atoms with van der Waals surface area (Å²) >= 11 is 0. The molecule has 1 aromatic carbocycles. The van der Waals surface area contributed by atoms with Crippen molar-refractivity contribution in [2.75, 3.05) is 13.1 Å². The normalized spacial score (nSPS) is 20.4. The summed E-state index contributed by atoms with van der Waals surface area (Å²) in [6, 6.07) is 11.0. The first-order valence-electron chi connectivity index (χ1n) is 11.5. The number of hydrogen-bond donors (Lipinski definition) is 1. The molecule has 5 nitrogen and oxygen atoms in total. The van der Waals surface area contributed by atoms with E-state index in [1.54, 1.807) is 0 Å². The summed E-state index contributed by atoms with van der Waals surface area (Å²) in [7, 11) is 0. The Morgan fingerprint density at radius 3 is 2.43 bits per heavy atom. The van der Waals surface area contributed by atoms with E-state index in [1.165, 1.54) is 24.8 Å². The number of nitrogens with zero attached hydrogens (tertiary/aromatic N) is 3. The van der Waals surface area contributed by atoms with Crippen LogP contribution in [-0.4, -0.2) is 39.9 Å². The van der Waals surface area contributed by atoms with Crippen LogP contribution >= 0.6 is 0 Å². The van der Waals surface area contributed by atoms with Gasteiger partial charge in [0.2, 0.25) is 5.91 Å². The van der Waals surface area contributed by atoms with Gasteiger partial charge in [-0.2, -0.15) is 0 Å². The fourth-order valence-electron chi connectivity index (χ4n) is 4.92. The number of aromatic nitrogens is 2. The number of aryl methyl sites for hydroxylation is 2. The highest BCUT2D eigenvalue weighted by atomic mass is 16.1. The number of likely N-dealkylation sites (tertiary alicyclic amines) is 1. The van der Waals surface area contributed by atoms with Crippen LogP contribution in [0.25, 0.3) is 0 Å². The van der Waals surface area contributed by atoms with Crippen LogP contribution in [0.2, 0.25) is 0 Å². The largest absolute Gasteiger partial charge is 0.353 e. The molecule has 2 heterocycles. The summed E-state index contributed by atoms with van der Waals surface area (Å²) < 4.78 is 0. The second-order valence-corrected chi connectivity index (χ2v) is 9.02. The molecule has 1 atom stereocenters. The maximum Gasteiger partial charge on any atom is 0.224 e. The third-order valence-corrected chi connectivity index (χ3v) is 6.63. The van der Waals surface area contributed by atoms with Crippen molar-refractivity contribution in [3.8, 4) is 0 Å². The average molecular weight is 407 g/mol. The average Bonchev–Trinajstić information content (AvgIpc) is 3.20. The minimum Gasteiger partial charge on any atom is -0.353 e. The van der Waals surface area contributed by atoms with Gasteiger partial charge in [-0.3, -0.25) is 9.69 Å². The first-order chi connectivity index (χ1) is 14.6. The summed E-state index contributed by atoms with van der Waals surface area (Å²) in [6.07, 6.45) is 7.45. The SMILES string of the molecule is Cc1nc(C2CCN(Cc3ccccc3)C2)nc(C)c1CC(=O)NC1CCCCC1. The molecule has 2 aliphatic rings. The third-order valence-electron chi connectivity index (χ3n) is 6.63. The molecule has 1 aromatic heterocycles. The predicted molar refractivity (Wildman–Crippen MR) is 119 cm³/mol. The Kier molecular flexibility index (Phi) is 6.78. The summed E-state index contributed by atoms with van der Waals surface area (Å²) in [6.45, 7) is 7.10. The van der Waals surface area contributed by atoms with E-state index in [1.807, 2.05) is 13.8 Å². The molecule has 4 rings (SSSR count). The molecule has 1 unspecified atom stereocenters. The zero-order valence-electron chi connectivity index (χ0n) is 18.4. The van der Waals surface area contributed by atoms with Crippen LogP contribution in [0.15, 0.2) is 30.3 Å². The van der Waals surface area contributed by atoms with Gasteiger partial charge in [0.25, 0.3) is 0 Å². The maximum atomic E-state index is 12.6. The number of benzene rings is 1. The summed E-state index contributed by atoms with van der Waals surface area (Å²) in [5.74, 6) is 1.42. The van der Waals surface area contributed by atoms with Crippen LogP contribution in [0.3, 0.4) is 0 Å². The van der Waals surface area contributed by atoms with E-state index in [9.17, 15) is 4.79 Å². The van der Waals surface area contributed by atoms with Crippen molar-refractivity contribution >= 4 is 5.91 Å².